The first-order valence-electron chi connectivity index (χ1n) is 8.71. The Balaban J connectivity index is 1.54. The maximum absolute atomic E-state index is 12.8. The summed E-state index contributed by atoms with van der Waals surface area (Å²) in [6, 6.07) is 10.5. The molecule has 0 radical (unpaired) electrons. The zero-order valence-electron chi connectivity index (χ0n) is 14.8. The highest BCUT2D eigenvalue weighted by atomic mass is 19.3. The number of fused-ring (bicyclic) bond motifs is 1. The third kappa shape index (κ3) is 4.78. The molecule has 1 atom stereocenters. The molecule has 28 heavy (non-hydrogen) atoms. The summed E-state index contributed by atoms with van der Waals surface area (Å²) in [7, 11) is 0. The van der Waals surface area contributed by atoms with Crippen LogP contribution in [0.3, 0.4) is 0 Å². The monoisotopic (exact) mass is 397 g/mol. The van der Waals surface area contributed by atoms with Crippen LogP contribution in [0.5, 0.6) is 5.88 Å². The van der Waals surface area contributed by atoms with E-state index in [9.17, 15) is 22.4 Å². The van der Waals surface area contributed by atoms with Gasteiger partial charge in [0.1, 0.15) is 0 Å². The largest absolute Gasteiger partial charge is 0.471 e. The number of hydrogen-bond donors (Lipinski definition) is 2. The number of nitrogens with zero attached hydrogens (tertiary/aromatic N) is 1. The van der Waals surface area contributed by atoms with Crippen LogP contribution < -0.4 is 15.4 Å². The third-order valence-electron chi connectivity index (χ3n) is 4.41. The van der Waals surface area contributed by atoms with Crippen LogP contribution in [0.1, 0.15) is 27.5 Å². The number of pyridine rings is 1. The lowest BCUT2D eigenvalue weighted by atomic mass is 9.94. The highest BCUT2D eigenvalue weighted by Crippen LogP contribution is 2.24. The van der Waals surface area contributed by atoms with Crippen molar-refractivity contribution in [3.8, 4) is 5.88 Å². The molecule has 9 heteroatoms. The van der Waals surface area contributed by atoms with E-state index in [-0.39, 0.29) is 23.4 Å². The number of amides is 1. The van der Waals surface area contributed by atoms with Gasteiger partial charge in [-0.2, -0.15) is 8.78 Å². The fourth-order valence-corrected chi connectivity index (χ4v) is 2.90. The summed E-state index contributed by atoms with van der Waals surface area (Å²) in [5.74, 6) is -4.91. The number of rotatable bonds is 7. The zero-order valence-corrected chi connectivity index (χ0v) is 14.8. The molecule has 1 amide bonds. The predicted molar refractivity (Wildman–Crippen MR) is 93.9 cm³/mol. The molecule has 0 bridgehead atoms. The molecule has 0 fully saturated rings. The number of ether oxygens (including phenoxy) is 1. The highest BCUT2D eigenvalue weighted by molar-refractivity contribution is 5.93. The van der Waals surface area contributed by atoms with Gasteiger partial charge in [0.15, 0.2) is 6.61 Å². The Morgan fingerprint density at radius 2 is 2.07 bits per heavy atom. The van der Waals surface area contributed by atoms with Crippen LogP contribution in [-0.2, 0) is 6.42 Å². The van der Waals surface area contributed by atoms with Gasteiger partial charge in [0.05, 0.1) is 5.56 Å². The summed E-state index contributed by atoms with van der Waals surface area (Å²) in [4.78, 5) is 16.0. The van der Waals surface area contributed by atoms with Crippen molar-refractivity contribution in [1.82, 2.24) is 15.6 Å². The molecule has 1 aliphatic heterocycles. The van der Waals surface area contributed by atoms with Crippen molar-refractivity contribution >= 4 is 5.91 Å². The lowest BCUT2D eigenvalue weighted by Gasteiger charge is -2.27. The van der Waals surface area contributed by atoms with Crippen molar-refractivity contribution in [2.45, 2.75) is 24.8 Å². The first-order chi connectivity index (χ1) is 13.4. The fraction of sp³-hybridized carbons (Fsp3) is 0.368. The Hall–Kier alpha value is -2.68. The van der Waals surface area contributed by atoms with E-state index in [1.165, 1.54) is 17.7 Å². The lowest BCUT2D eigenvalue weighted by Crippen LogP contribution is -2.38. The molecule has 3 rings (SSSR count). The van der Waals surface area contributed by atoms with Crippen LogP contribution in [-0.4, -0.2) is 42.9 Å². The summed E-state index contributed by atoms with van der Waals surface area (Å²) in [5.41, 5.74) is 2.58. The maximum Gasteiger partial charge on any atom is 0.340 e. The molecule has 0 saturated heterocycles. The third-order valence-corrected chi connectivity index (χ3v) is 4.41. The number of carbonyl (C=O) groups excluding carboxylic acids is 1. The molecular weight excluding hydrogens is 378 g/mol. The van der Waals surface area contributed by atoms with Crippen molar-refractivity contribution in [2.75, 3.05) is 19.7 Å². The van der Waals surface area contributed by atoms with E-state index in [0.717, 1.165) is 24.7 Å². The van der Waals surface area contributed by atoms with Crippen molar-refractivity contribution < 1.29 is 27.1 Å². The van der Waals surface area contributed by atoms with Gasteiger partial charge in [0, 0.05) is 24.8 Å². The summed E-state index contributed by atoms with van der Waals surface area (Å²) in [6.07, 6.45) is -1.75. The Kier molecular flexibility index (Phi) is 6.13. The van der Waals surface area contributed by atoms with Gasteiger partial charge in [-0.15, -0.1) is 0 Å². The van der Waals surface area contributed by atoms with Gasteiger partial charge in [-0.3, -0.25) is 4.79 Å². The number of carbonyl (C=O) groups is 1. The Bertz CT molecular complexity index is 815. The molecule has 2 aromatic rings. The smallest absolute Gasteiger partial charge is 0.340 e. The molecule has 1 aromatic carbocycles. The zero-order chi connectivity index (χ0) is 20.1. The van der Waals surface area contributed by atoms with Gasteiger partial charge in [0.2, 0.25) is 5.88 Å². The minimum atomic E-state index is -4.26. The van der Waals surface area contributed by atoms with Gasteiger partial charge in [0.25, 0.3) is 5.91 Å². The molecule has 0 spiro atoms. The number of benzene rings is 1. The summed E-state index contributed by atoms with van der Waals surface area (Å²) in [5, 5.41) is 6.15. The summed E-state index contributed by atoms with van der Waals surface area (Å²) in [6.45, 7) is -0.306. The van der Waals surface area contributed by atoms with E-state index >= 15 is 0 Å². The number of hydrogen-bond acceptors (Lipinski definition) is 4. The van der Waals surface area contributed by atoms with Gasteiger partial charge < -0.3 is 15.4 Å². The molecule has 150 valence electrons. The van der Waals surface area contributed by atoms with Crippen molar-refractivity contribution in [1.29, 1.82) is 0 Å². The topological polar surface area (TPSA) is 63.2 Å². The van der Waals surface area contributed by atoms with E-state index in [1.54, 1.807) is 0 Å². The van der Waals surface area contributed by atoms with Crippen LogP contribution >= 0.6 is 0 Å². The van der Waals surface area contributed by atoms with E-state index in [4.69, 9.17) is 0 Å². The Morgan fingerprint density at radius 3 is 2.79 bits per heavy atom. The number of halogens is 4. The lowest BCUT2D eigenvalue weighted by molar-refractivity contribution is -0.148. The second-order valence-corrected chi connectivity index (χ2v) is 6.40. The molecule has 0 aliphatic carbocycles. The first-order valence-corrected chi connectivity index (χ1v) is 8.71. The quantitative estimate of drug-likeness (QED) is 0.706. The standard InChI is InChI=1S/C19H19F4N3O2/c20-18(21)19(22,23)11-28-16-6-5-13(9-25-16)17(27)26-10-15-14-4-2-1-3-12(14)7-8-24-15/h1-6,9,15,18,24H,7-8,10-11H2,(H,26,27). The van der Waals surface area contributed by atoms with Crippen molar-refractivity contribution in [3.05, 3.63) is 59.3 Å². The van der Waals surface area contributed by atoms with Crippen molar-refractivity contribution in [3.63, 3.8) is 0 Å². The predicted octanol–water partition coefficient (Wildman–Crippen LogP) is 2.98. The number of aromatic nitrogens is 1. The molecule has 1 aromatic heterocycles. The number of nitrogens with one attached hydrogen (secondary N) is 2. The molecule has 2 heterocycles. The summed E-state index contributed by atoms with van der Waals surface area (Å²) >= 11 is 0. The average Bonchev–Trinajstić information content (AvgIpc) is 2.70. The Labute approximate surface area is 159 Å². The SMILES string of the molecule is O=C(NCC1NCCc2ccccc21)c1ccc(OCC(F)(F)C(F)F)nc1. The van der Waals surface area contributed by atoms with Gasteiger partial charge in [-0.25, -0.2) is 13.8 Å². The second kappa shape index (κ2) is 8.55. The average molecular weight is 397 g/mol. The normalized spacial score (nSPS) is 16.5. The maximum atomic E-state index is 12.8. The highest BCUT2D eigenvalue weighted by Gasteiger charge is 2.41. The van der Waals surface area contributed by atoms with Crippen LogP contribution in [0.2, 0.25) is 0 Å². The van der Waals surface area contributed by atoms with E-state index in [2.05, 4.69) is 26.4 Å². The Morgan fingerprint density at radius 1 is 1.29 bits per heavy atom. The molecule has 1 aliphatic rings. The van der Waals surface area contributed by atoms with Gasteiger partial charge in [-0.05, 0) is 30.2 Å². The van der Waals surface area contributed by atoms with Crippen LogP contribution in [0, 0.1) is 0 Å². The van der Waals surface area contributed by atoms with E-state index < -0.39 is 19.0 Å². The second-order valence-electron chi connectivity index (χ2n) is 6.40. The molecule has 1 unspecified atom stereocenters. The first kappa shape index (κ1) is 20.1. The van der Waals surface area contributed by atoms with Gasteiger partial charge in [-0.1, -0.05) is 24.3 Å². The molecule has 0 saturated carbocycles. The molecule has 2 N–H and O–H groups in total. The van der Waals surface area contributed by atoms with Gasteiger partial charge >= 0.3 is 12.3 Å². The number of alkyl halides is 4. The minimum absolute atomic E-state index is 0.0129. The molecular formula is C19H19F4N3O2. The minimum Gasteiger partial charge on any atom is -0.471 e. The van der Waals surface area contributed by atoms with Crippen LogP contribution in [0.25, 0.3) is 0 Å². The fourth-order valence-electron chi connectivity index (χ4n) is 2.90. The van der Waals surface area contributed by atoms with Crippen LogP contribution in [0.15, 0.2) is 42.6 Å². The van der Waals surface area contributed by atoms with Crippen LogP contribution in [0.4, 0.5) is 17.6 Å². The van der Waals surface area contributed by atoms with E-state index in [1.807, 2.05) is 18.2 Å². The van der Waals surface area contributed by atoms with Crippen molar-refractivity contribution in [2.24, 2.45) is 0 Å². The van der Waals surface area contributed by atoms with E-state index in [0.29, 0.717) is 6.54 Å². The summed E-state index contributed by atoms with van der Waals surface area (Å²) < 4.78 is 54.5. The molecule has 5 nitrogen and oxygen atoms in total.